The molecule has 1 fully saturated rings. The highest BCUT2D eigenvalue weighted by Gasteiger charge is 2.32. The van der Waals surface area contributed by atoms with Crippen LogP contribution in [0.5, 0.6) is 11.5 Å². The lowest BCUT2D eigenvalue weighted by Crippen LogP contribution is -2.39. The monoisotopic (exact) mass is 445 g/mol. The Morgan fingerprint density at radius 3 is 2.78 bits per heavy atom. The topological polar surface area (TPSA) is 38.8 Å². The number of aryl methyl sites for hydroxylation is 1. The van der Waals surface area contributed by atoms with E-state index in [-0.39, 0.29) is 17.9 Å². The smallest absolute Gasteiger partial charge is 0.226 e. The SMILES string of the molecule is O=C(C1CCC1)N1CCOc2c(cc(-c3cccs3)cc2O[C@H]2CCc3ccccc32)C1. The van der Waals surface area contributed by atoms with E-state index < -0.39 is 0 Å². The van der Waals surface area contributed by atoms with E-state index in [9.17, 15) is 4.79 Å². The Balaban J connectivity index is 1.37. The molecular formula is C27H27NO3S. The van der Waals surface area contributed by atoms with E-state index in [1.54, 1.807) is 11.3 Å². The highest BCUT2D eigenvalue weighted by Crippen LogP contribution is 2.44. The second kappa shape index (κ2) is 8.28. The molecule has 0 saturated heterocycles. The highest BCUT2D eigenvalue weighted by molar-refractivity contribution is 7.13. The molecule has 164 valence electrons. The molecule has 2 aromatic carbocycles. The summed E-state index contributed by atoms with van der Waals surface area (Å²) in [6.07, 6.45) is 5.26. The molecule has 1 saturated carbocycles. The summed E-state index contributed by atoms with van der Waals surface area (Å²) in [4.78, 5) is 16.2. The number of hydrogen-bond donors (Lipinski definition) is 0. The van der Waals surface area contributed by atoms with Gasteiger partial charge in [-0.1, -0.05) is 36.8 Å². The van der Waals surface area contributed by atoms with Gasteiger partial charge in [0.2, 0.25) is 5.91 Å². The maximum Gasteiger partial charge on any atom is 0.226 e. The molecule has 4 nitrogen and oxygen atoms in total. The molecule has 2 aliphatic carbocycles. The molecule has 1 atom stereocenters. The van der Waals surface area contributed by atoms with Gasteiger partial charge in [-0.2, -0.15) is 0 Å². The predicted molar refractivity (Wildman–Crippen MR) is 126 cm³/mol. The van der Waals surface area contributed by atoms with Gasteiger partial charge in [-0.15, -0.1) is 11.3 Å². The molecule has 1 aromatic heterocycles. The maximum absolute atomic E-state index is 13.0. The predicted octanol–water partition coefficient (Wildman–Crippen LogP) is 6.00. The van der Waals surface area contributed by atoms with Crippen LogP contribution in [0.25, 0.3) is 10.4 Å². The molecule has 0 unspecified atom stereocenters. The van der Waals surface area contributed by atoms with Gasteiger partial charge < -0.3 is 14.4 Å². The summed E-state index contributed by atoms with van der Waals surface area (Å²) in [5.74, 6) is 2.08. The number of carbonyl (C=O) groups excluding carboxylic acids is 1. The number of carbonyl (C=O) groups is 1. The second-order valence-electron chi connectivity index (χ2n) is 9.02. The summed E-state index contributed by atoms with van der Waals surface area (Å²) < 4.78 is 12.9. The Morgan fingerprint density at radius 1 is 1.06 bits per heavy atom. The van der Waals surface area contributed by atoms with Crippen LogP contribution in [0.1, 0.15) is 48.5 Å². The van der Waals surface area contributed by atoms with Crippen LogP contribution in [-0.2, 0) is 17.8 Å². The first-order valence-electron chi connectivity index (χ1n) is 11.6. The first-order chi connectivity index (χ1) is 15.8. The second-order valence-corrected chi connectivity index (χ2v) is 9.97. The van der Waals surface area contributed by atoms with Crippen molar-refractivity contribution in [2.24, 2.45) is 5.92 Å². The number of thiophene rings is 1. The molecular weight excluding hydrogens is 418 g/mol. The number of ether oxygens (including phenoxy) is 2. The minimum absolute atomic E-state index is 0.0356. The summed E-state index contributed by atoms with van der Waals surface area (Å²) in [6.45, 7) is 1.72. The maximum atomic E-state index is 13.0. The van der Waals surface area contributed by atoms with Gasteiger partial charge in [0, 0.05) is 22.9 Å². The van der Waals surface area contributed by atoms with E-state index in [1.165, 1.54) is 22.4 Å². The largest absolute Gasteiger partial charge is 0.487 e. The van der Waals surface area contributed by atoms with Crippen molar-refractivity contribution in [2.75, 3.05) is 13.2 Å². The molecule has 6 rings (SSSR count). The van der Waals surface area contributed by atoms with E-state index >= 15 is 0 Å². The number of nitrogens with zero attached hydrogens (tertiary/aromatic N) is 1. The zero-order chi connectivity index (χ0) is 21.5. The molecule has 0 N–H and O–H groups in total. The third kappa shape index (κ3) is 3.58. The van der Waals surface area contributed by atoms with E-state index in [1.807, 2.05) is 4.90 Å². The first kappa shape index (κ1) is 19.9. The van der Waals surface area contributed by atoms with Crippen LogP contribution >= 0.6 is 11.3 Å². The van der Waals surface area contributed by atoms with Crippen LogP contribution in [0, 0.1) is 5.92 Å². The standard InChI is InChI=1S/C27H27NO3S/c29-27(19-6-3-7-19)28-12-13-30-26-21(17-28)15-20(25-9-4-14-32-25)16-24(26)31-23-11-10-18-5-1-2-8-22(18)23/h1-2,4-5,8-9,14-16,19,23H,3,6-7,10-13,17H2/t23-/m0/s1. The van der Waals surface area contributed by atoms with Gasteiger partial charge in [0.15, 0.2) is 11.5 Å². The molecule has 32 heavy (non-hydrogen) atoms. The lowest BCUT2D eigenvalue weighted by molar-refractivity contribution is -0.138. The van der Waals surface area contributed by atoms with Crippen molar-refractivity contribution >= 4 is 17.2 Å². The number of benzene rings is 2. The molecule has 2 heterocycles. The summed E-state index contributed by atoms with van der Waals surface area (Å²) in [7, 11) is 0. The van der Waals surface area contributed by atoms with Crippen molar-refractivity contribution in [1.82, 2.24) is 4.90 Å². The van der Waals surface area contributed by atoms with E-state index in [2.05, 4.69) is 53.9 Å². The van der Waals surface area contributed by atoms with Crippen LogP contribution in [-0.4, -0.2) is 24.0 Å². The number of rotatable bonds is 4. The van der Waals surface area contributed by atoms with Crippen molar-refractivity contribution in [1.29, 1.82) is 0 Å². The van der Waals surface area contributed by atoms with Gasteiger partial charge >= 0.3 is 0 Å². The third-order valence-electron chi connectivity index (χ3n) is 7.02. The van der Waals surface area contributed by atoms with Crippen molar-refractivity contribution in [2.45, 2.75) is 44.8 Å². The Morgan fingerprint density at radius 2 is 1.97 bits per heavy atom. The zero-order valence-corrected chi connectivity index (χ0v) is 18.9. The van der Waals surface area contributed by atoms with Crippen molar-refractivity contribution in [3.05, 3.63) is 70.6 Å². The van der Waals surface area contributed by atoms with Crippen molar-refractivity contribution in [3.8, 4) is 21.9 Å². The van der Waals surface area contributed by atoms with Crippen LogP contribution in [0.2, 0.25) is 0 Å². The van der Waals surface area contributed by atoms with Crippen LogP contribution in [0.15, 0.2) is 53.9 Å². The van der Waals surface area contributed by atoms with Crippen molar-refractivity contribution < 1.29 is 14.3 Å². The average molecular weight is 446 g/mol. The van der Waals surface area contributed by atoms with Crippen LogP contribution < -0.4 is 9.47 Å². The zero-order valence-electron chi connectivity index (χ0n) is 18.1. The summed E-state index contributed by atoms with van der Waals surface area (Å²) >= 11 is 1.72. The Bertz CT molecular complexity index is 1140. The number of amides is 1. The minimum atomic E-state index is 0.0356. The molecule has 5 heteroatoms. The van der Waals surface area contributed by atoms with E-state index in [0.717, 1.165) is 48.3 Å². The summed E-state index contributed by atoms with van der Waals surface area (Å²) in [5, 5.41) is 2.09. The number of hydrogen-bond acceptors (Lipinski definition) is 4. The molecule has 1 aliphatic heterocycles. The Hall–Kier alpha value is -2.79. The molecule has 0 radical (unpaired) electrons. The van der Waals surface area contributed by atoms with Crippen LogP contribution in [0.3, 0.4) is 0 Å². The molecule has 3 aliphatic rings. The van der Waals surface area contributed by atoms with Crippen LogP contribution in [0.4, 0.5) is 0 Å². The van der Waals surface area contributed by atoms with Crippen molar-refractivity contribution in [3.63, 3.8) is 0 Å². The van der Waals surface area contributed by atoms with Gasteiger partial charge in [-0.05, 0) is 66.0 Å². The number of fused-ring (bicyclic) bond motifs is 2. The summed E-state index contributed by atoms with van der Waals surface area (Å²) in [6, 6.07) is 17.1. The molecule has 0 spiro atoms. The Labute approximate surface area is 192 Å². The lowest BCUT2D eigenvalue weighted by atomic mass is 9.84. The molecule has 0 bridgehead atoms. The molecule has 3 aromatic rings. The van der Waals surface area contributed by atoms with Gasteiger partial charge in [-0.25, -0.2) is 0 Å². The minimum Gasteiger partial charge on any atom is -0.487 e. The van der Waals surface area contributed by atoms with Gasteiger partial charge in [0.25, 0.3) is 0 Å². The fourth-order valence-electron chi connectivity index (χ4n) is 5.05. The van der Waals surface area contributed by atoms with Gasteiger partial charge in [0.05, 0.1) is 6.54 Å². The fraction of sp³-hybridized carbons (Fsp3) is 0.370. The quantitative estimate of drug-likeness (QED) is 0.494. The van der Waals surface area contributed by atoms with E-state index in [4.69, 9.17) is 9.47 Å². The average Bonchev–Trinajstić information content (AvgIpc) is 3.39. The van der Waals surface area contributed by atoms with Gasteiger partial charge in [-0.3, -0.25) is 4.79 Å². The van der Waals surface area contributed by atoms with Gasteiger partial charge in [0.1, 0.15) is 12.7 Å². The highest BCUT2D eigenvalue weighted by atomic mass is 32.1. The third-order valence-corrected chi connectivity index (χ3v) is 7.94. The first-order valence-corrected chi connectivity index (χ1v) is 12.5. The molecule has 1 amide bonds. The Kier molecular flexibility index (Phi) is 5.14. The fourth-order valence-corrected chi connectivity index (χ4v) is 5.77. The lowest BCUT2D eigenvalue weighted by Gasteiger charge is -2.30. The van der Waals surface area contributed by atoms with E-state index in [0.29, 0.717) is 19.7 Å². The summed E-state index contributed by atoms with van der Waals surface area (Å²) in [5.41, 5.74) is 4.82. The normalized spacial score (nSPS) is 20.0.